The second kappa shape index (κ2) is 8.10. The lowest BCUT2D eigenvalue weighted by molar-refractivity contribution is -0.113. The van der Waals surface area contributed by atoms with Crippen LogP contribution >= 0.6 is 11.8 Å². The highest BCUT2D eigenvalue weighted by molar-refractivity contribution is 8.00. The fourth-order valence-corrected chi connectivity index (χ4v) is 3.67. The van der Waals surface area contributed by atoms with Crippen molar-refractivity contribution in [1.82, 2.24) is 5.43 Å². The minimum Gasteiger partial charge on any atom is -0.324 e. The third kappa shape index (κ3) is 3.97. The summed E-state index contributed by atoms with van der Waals surface area (Å²) < 4.78 is 0. The highest BCUT2D eigenvalue weighted by atomic mass is 32.2. The van der Waals surface area contributed by atoms with E-state index in [0.717, 1.165) is 16.0 Å². The van der Waals surface area contributed by atoms with Crippen molar-refractivity contribution in [1.29, 1.82) is 0 Å². The number of fused-ring (bicyclic) bond motifs is 1. The van der Waals surface area contributed by atoms with Crippen molar-refractivity contribution in [2.45, 2.75) is 4.90 Å². The molecule has 3 aromatic rings. The van der Waals surface area contributed by atoms with Gasteiger partial charge in [-0.05, 0) is 18.2 Å². The number of carbonyl (C=O) groups excluding carboxylic acids is 2. The number of hydrazone groups is 1. The van der Waals surface area contributed by atoms with Gasteiger partial charge in [0.05, 0.1) is 17.2 Å². The lowest BCUT2D eigenvalue weighted by atomic mass is 10.0. The molecule has 1 aliphatic heterocycles. The van der Waals surface area contributed by atoms with E-state index < -0.39 is 0 Å². The monoisotopic (exact) mass is 387 g/mol. The molecule has 0 atom stereocenters. The highest BCUT2D eigenvalue weighted by Crippen LogP contribution is 2.31. The number of hydrogen-bond acceptors (Lipinski definition) is 4. The van der Waals surface area contributed by atoms with Gasteiger partial charge in [-0.2, -0.15) is 5.10 Å². The molecule has 0 aliphatic carbocycles. The fraction of sp³-hybridized carbons (Fsp3) is 0.0455. The van der Waals surface area contributed by atoms with Gasteiger partial charge in [-0.3, -0.25) is 9.59 Å². The molecule has 0 aromatic heterocycles. The summed E-state index contributed by atoms with van der Waals surface area (Å²) in [7, 11) is 0. The quantitative estimate of drug-likeness (QED) is 0.527. The molecule has 138 valence electrons. The Morgan fingerprint density at radius 1 is 0.893 bits per heavy atom. The number of rotatable bonds is 4. The molecule has 1 heterocycles. The second-order valence-corrected chi connectivity index (χ2v) is 7.20. The van der Waals surface area contributed by atoms with E-state index in [0.29, 0.717) is 22.7 Å². The first-order valence-corrected chi connectivity index (χ1v) is 9.75. The Morgan fingerprint density at radius 2 is 1.54 bits per heavy atom. The first-order valence-electron chi connectivity index (χ1n) is 8.76. The molecule has 1 aliphatic rings. The van der Waals surface area contributed by atoms with Crippen LogP contribution in [0.15, 0.2) is 88.9 Å². The predicted octanol–water partition coefficient (Wildman–Crippen LogP) is 3.91. The second-order valence-electron chi connectivity index (χ2n) is 6.18. The van der Waals surface area contributed by atoms with Crippen molar-refractivity contribution in [3.05, 3.63) is 95.6 Å². The van der Waals surface area contributed by atoms with E-state index in [1.54, 1.807) is 12.1 Å². The summed E-state index contributed by atoms with van der Waals surface area (Å²) in [5, 5.41) is 7.19. The minimum atomic E-state index is -0.336. The Hall–Kier alpha value is -3.38. The summed E-state index contributed by atoms with van der Waals surface area (Å²) in [6, 6.07) is 24.6. The van der Waals surface area contributed by atoms with Crippen LogP contribution in [0.25, 0.3) is 0 Å². The van der Waals surface area contributed by atoms with Crippen LogP contribution in [0.2, 0.25) is 0 Å². The standard InChI is InChI=1S/C22H17N3O2S/c26-20-14-28-19-12-11-17(13-18(19)23-20)22(27)25-24-21(15-7-3-1-4-8-15)16-9-5-2-6-10-16/h1-13H,14H2,(H,23,26)(H,25,27). The zero-order valence-electron chi connectivity index (χ0n) is 14.9. The van der Waals surface area contributed by atoms with Gasteiger partial charge in [0.1, 0.15) is 0 Å². The van der Waals surface area contributed by atoms with Crippen molar-refractivity contribution >= 4 is 35.0 Å². The van der Waals surface area contributed by atoms with Crippen molar-refractivity contribution in [3.8, 4) is 0 Å². The summed E-state index contributed by atoms with van der Waals surface area (Å²) >= 11 is 1.46. The third-order valence-corrected chi connectivity index (χ3v) is 5.31. The largest absolute Gasteiger partial charge is 0.324 e. The molecule has 28 heavy (non-hydrogen) atoms. The lowest BCUT2D eigenvalue weighted by Crippen LogP contribution is -2.22. The maximum atomic E-state index is 12.6. The van der Waals surface area contributed by atoms with Crippen LogP contribution in [-0.2, 0) is 4.79 Å². The van der Waals surface area contributed by atoms with Crippen molar-refractivity contribution in [2.75, 3.05) is 11.1 Å². The number of benzene rings is 3. The highest BCUT2D eigenvalue weighted by Gasteiger charge is 2.17. The van der Waals surface area contributed by atoms with Crippen molar-refractivity contribution in [2.24, 2.45) is 5.10 Å². The third-order valence-electron chi connectivity index (χ3n) is 4.24. The molecule has 5 nitrogen and oxygen atoms in total. The Kier molecular flexibility index (Phi) is 5.21. The summed E-state index contributed by atoms with van der Waals surface area (Å²) in [6.07, 6.45) is 0. The zero-order valence-corrected chi connectivity index (χ0v) is 15.7. The van der Waals surface area contributed by atoms with Crippen LogP contribution in [0.4, 0.5) is 5.69 Å². The molecule has 0 saturated carbocycles. The number of hydrogen-bond donors (Lipinski definition) is 2. The molecule has 0 spiro atoms. The number of nitrogens with zero attached hydrogens (tertiary/aromatic N) is 1. The minimum absolute atomic E-state index is 0.0662. The van der Waals surface area contributed by atoms with Crippen LogP contribution in [0.1, 0.15) is 21.5 Å². The molecule has 4 rings (SSSR count). The SMILES string of the molecule is O=C1CSc2ccc(C(=O)NN=C(c3ccccc3)c3ccccc3)cc2N1. The van der Waals surface area contributed by atoms with E-state index in [1.807, 2.05) is 66.7 Å². The molecule has 0 unspecified atom stereocenters. The number of carbonyl (C=O) groups is 2. The van der Waals surface area contributed by atoms with Gasteiger partial charge >= 0.3 is 0 Å². The predicted molar refractivity (Wildman–Crippen MR) is 112 cm³/mol. The summed E-state index contributed by atoms with van der Waals surface area (Å²) in [6.45, 7) is 0. The molecule has 0 radical (unpaired) electrons. The van der Waals surface area contributed by atoms with Crippen LogP contribution < -0.4 is 10.7 Å². The normalized spacial score (nSPS) is 12.5. The van der Waals surface area contributed by atoms with Gasteiger partial charge in [-0.25, -0.2) is 5.43 Å². The maximum absolute atomic E-state index is 12.6. The lowest BCUT2D eigenvalue weighted by Gasteiger charge is -2.16. The number of anilines is 1. The van der Waals surface area contributed by atoms with E-state index in [1.165, 1.54) is 11.8 Å². The van der Waals surface area contributed by atoms with E-state index in [-0.39, 0.29) is 11.8 Å². The van der Waals surface area contributed by atoms with E-state index >= 15 is 0 Å². The number of amides is 2. The molecule has 3 aromatic carbocycles. The molecule has 2 N–H and O–H groups in total. The van der Waals surface area contributed by atoms with Gasteiger partial charge in [0.15, 0.2) is 0 Å². The fourth-order valence-electron chi connectivity index (χ4n) is 2.88. The molecular formula is C22H17N3O2S. The Labute approximate surface area is 166 Å². The van der Waals surface area contributed by atoms with Gasteiger partial charge in [-0.1, -0.05) is 60.7 Å². The van der Waals surface area contributed by atoms with Gasteiger partial charge in [-0.15, -0.1) is 11.8 Å². The molecule has 0 fully saturated rings. The van der Waals surface area contributed by atoms with Gasteiger partial charge < -0.3 is 5.32 Å². The van der Waals surface area contributed by atoms with E-state index in [9.17, 15) is 9.59 Å². The summed E-state index contributed by atoms with van der Waals surface area (Å²) in [4.78, 5) is 25.2. The van der Waals surface area contributed by atoms with Crippen LogP contribution in [0.5, 0.6) is 0 Å². The van der Waals surface area contributed by atoms with Crippen LogP contribution in [-0.4, -0.2) is 23.3 Å². The molecule has 0 bridgehead atoms. The first-order chi connectivity index (χ1) is 13.7. The van der Waals surface area contributed by atoms with Crippen LogP contribution in [0, 0.1) is 0 Å². The first kappa shape index (κ1) is 18.0. The molecule has 2 amide bonds. The van der Waals surface area contributed by atoms with Gasteiger partial charge in [0.2, 0.25) is 5.91 Å². The molecule has 6 heteroatoms. The number of nitrogens with one attached hydrogen (secondary N) is 2. The van der Waals surface area contributed by atoms with Gasteiger partial charge in [0, 0.05) is 21.6 Å². The average molecular weight is 387 g/mol. The summed E-state index contributed by atoms with van der Waals surface area (Å²) in [5.74, 6) is -0.0131. The van der Waals surface area contributed by atoms with Crippen molar-refractivity contribution in [3.63, 3.8) is 0 Å². The Balaban J connectivity index is 1.61. The smallest absolute Gasteiger partial charge is 0.271 e. The zero-order chi connectivity index (χ0) is 19.3. The topological polar surface area (TPSA) is 70.6 Å². The van der Waals surface area contributed by atoms with E-state index in [2.05, 4.69) is 15.8 Å². The Morgan fingerprint density at radius 3 is 2.18 bits per heavy atom. The average Bonchev–Trinajstić information content (AvgIpc) is 2.74. The van der Waals surface area contributed by atoms with Crippen molar-refractivity contribution < 1.29 is 9.59 Å². The van der Waals surface area contributed by atoms with Crippen LogP contribution in [0.3, 0.4) is 0 Å². The van der Waals surface area contributed by atoms with Gasteiger partial charge in [0.25, 0.3) is 5.91 Å². The molecule has 0 saturated heterocycles. The molecular weight excluding hydrogens is 370 g/mol. The van der Waals surface area contributed by atoms with E-state index in [4.69, 9.17) is 0 Å². The number of thioether (sulfide) groups is 1. The Bertz CT molecular complexity index is 1010. The summed E-state index contributed by atoms with van der Waals surface area (Å²) in [5.41, 5.74) is 6.22. The maximum Gasteiger partial charge on any atom is 0.271 e.